The van der Waals surface area contributed by atoms with Crippen molar-refractivity contribution in [1.82, 2.24) is 5.32 Å². The lowest BCUT2D eigenvalue weighted by atomic mass is 10.2. The van der Waals surface area contributed by atoms with Gasteiger partial charge in [0.05, 0.1) is 17.8 Å². The Bertz CT molecular complexity index is 573. The molecule has 1 unspecified atom stereocenters. The normalized spacial score (nSPS) is 15.3. The third kappa shape index (κ3) is 8.07. The second kappa shape index (κ2) is 8.38. The average molecular weight is 379 g/mol. The summed E-state index contributed by atoms with van der Waals surface area (Å²) in [6.07, 6.45) is -0.922. The molecule has 0 radical (unpaired) electrons. The molecule has 0 saturated carbocycles. The van der Waals surface area contributed by atoms with Crippen molar-refractivity contribution in [3.05, 3.63) is 12.8 Å². The predicted octanol–water partition coefficient (Wildman–Crippen LogP) is 3.05. The largest absolute Gasteiger partial charge is 0.481 e. The molecule has 0 saturated heterocycles. The van der Waals surface area contributed by atoms with Gasteiger partial charge in [-0.15, -0.1) is 0 Å². The molecule has 0 aliphatic rings. The average Bonchev–Trinajstić information content (AvgIpc) is 2.33. The first kappa shape index (κ1) is 23.0. The van der Waals surface area contributed by atoms with Crippen LogP contribution < -0.4 is 5.32 Å². The molecular weight excluding hydrogens is 353 g/mol. The van der Waals surface area contributed by atoms with Crippen LogP contribution in [0.1, 0.15) is 48.0 Å². The summed E-state index contributed by atoms with van der Waals surface area (Å²) >= 11 is 0. The topological polar surface area (TPSA) is 128 Å². The first-order valence-electron chi connectivity index (χ1n) is 7.45. The molecule has 0 rings (SSSR count). The Labute approximate surface area is 147 Å². The molecule has 0 bridgehead atoms. The van der Waals surface area contributed by atoms with Crippen molar-refractivity contribution in [1.29, 1.82) is 0 Å². The van der Waals surface area contributed by atoms with E-state index in [-0.39, 0.29) is 0 Å². The quantitative estimate of drug-likeness (QED) is 0.510. The van der Waals surface area contributed by atoms with Crippen molar-refractivity contribution in [3.8, 4) is 0 Å². The molecule has 0 fully saturated rings. The van der Waals surface area contributed by atoms with E-state index >= 15 is 0 Å². The smallest absolute Gasteiger partial charge is 0.437 e. The summed E-state index contributed by atoms with van der Waals surface area (Å²) in [5.41, 5.74) is -0.853. The van der Waals surface area contributed by atoms with Gasteiger partial charge in [-0.05, 0) is 41.5 Å². The summed E-state index contributed by atoms with van der Waals surface area (Å²) in [7, 11) is -3.99. The van der Waals surface area contributed by atoms with Gasteiger partial charge in [-0.3, -0.25) is 4.79 Å². The van der Waals surface area contributed by atoms with Crippen molar-refractivity contribution >= 4 is 25.6 Å². The van der Waals surface area contributed by atoms with Crippen LogP contribution >= 0.6 is 7.60 Å². The van der Waals surface area contributed by atoms with Crippen LogP contribution in [0, 0.1) is 0 Å². The number of carbonyl (C=O) groups excluding carboxylic acids is 2. The number of hydrogen-bond donors (Lipinski definition) is 2. The van der Waals surface area contributed by atoms with Gasteiger partial charge in [0.15, 0.2) is 0 Å². The zero-order chi connectivity index (χ0) is 20.1. The van der Waals surface area contributed by atoms with E-state index in [1.807, 2.05) is 0 Å². The van der Waals surface area contributed by atoms with Gasteiger partial charge in [-0.2, -0.15) is 0 Å². The Kier molecular flexibility index (Phi) is 7.70. The second-order valence-electron chi connectivity index (χ2n) is 7.15. The Morgan fingerprint density at radius 1 is 1.20 bits per heavy atom. The van der Waals surface area contributed by atoms with Crippen molar-refractivity contribution in [2.24, 2.45) is 0 Å². The lowest BCUT2D eigenvalue weighted by Crippen LogP contribution is -2.45. The highest BCUT2D eigenvalue weighted by Crippen LogP contribution is 2.60. The SMILES string of the molecule is C=COP(=O)(OC(=O)[C@H](CC(=O)O)NC(=O)OC(C)(C)C)C(C)(C)C. The summed E-state index contributed by atoms with van der Waals surface area (Å²) in [6.45, 7) is 12.6. The molecule has 0 spiro atoms. The Morgan fingerprint density at radius 3 is 2.08 bits per heavy atom. The number of carboxylic acids is 1. The van der Waals surface area contributed by atoms with Gasteiger partial charge in [0, 0.05) is 0 Å². The minimum atomic E-state index is -3.99. The minimum Gasteiger partial charge on any atom is -0.481 e. The number of rotatable bonds is 7. The van der Waals surface area contributed by atoms with Crippen LogP contribution in [0.15, 0.2) is 12.8 Å². The summed E-state index contributed by atoms with van der Waals surface area (Å²) < 4.78 is 27.5. The lowest BCUT2D eigenvalue weighted by molar-refractivity contribution is -0.144. The number of nitrogens with one attached hydrogen (secondary N) is 1. The molecule has 0 heterocycles. The molecule has 2 N–H and O–H groups in total. The molecule has 0 aliphatic heterocycles. The fraction of sp³-hybridized carbons (Fsp3) is 0.667. The highest BCUT2D eigenvalue weighted by molar-refractivity contribution is 7.56. The number of hydrogen-bond acceptors (Lipinski definition) is 7. The van der Waals surface area contributed by atoms with Crippen LogP contribution in [0.3, 0.4) is 0 Å². The van der Waals surface area contributed by atoms with Crippen LogP contribution in [-0.2, 0) is 27.9 Å². The molecule has 9 nitrogen and oxygen atoms in total. The van der Waals surface area contributed by atoms with Gasteiger partial charge >= 0.3 is 25.6 Å². The molecule has 0 aromatic heterocycles. The molecule has 144 valence electrons. The molecule has 10 heteroatoms. The van der Waals surface area contributed by atoms with Crippen LogP contribution in [0.4, 0.5) is 4.79 Å². The molecule has 2 atom stereocenters. The number of aliphatic carboxylic acids is 1. The Balaban J connectivity index is 5.36. The number of carbonyl (C=O) groups is 3. The monoisotopic (exact) mass is 379 g/mol. The van der Waals surface area contributed by atoms with Crippen molar-refractivity contribution < 1.29 is 37.8 Å². The zero-order valence-electron chi connectivity index (χ0n) is 15.3. The number of carboxylic acid groups (broad SMARTS) is 1. The predicted molar refractivity (Wildman–Crippen MR) is 90.1 cm³/mol. The van der Waals surface area contributed by atoms with Crippen molar-refractivity contribution in [2.75, 3.05) is 0 Å². The highest BCUT2D eigenvalue weighted by Gasteiger charge is 2.45. The fourth-order valence-corrected chi connectivity index (χ4v) is 2.61. The summed E-state index contributed by atoms with van der Waals surface area (Å²) in [5, 5.41) is 9.94. The maximum absolute atomic E-state index is 12.7. The van der Waals surface area contributed by atoms with E-state index < -0.39 is 48.8 Å². The highest BCUT2D eigenvalue weighted by atomic mass is 31.2. The van der Waals surface area contributed by atoms with Gasteiger partial charge in [-0.25, -0.2) is 14.2 Å². The lowest BCUT2D eigenvalue weighted by Gasteiger charge is -2.29. The second-order valence-corrected chi connectivity index (χ2v) is 9.88. The number of ether oxygens (including phenoxy) is 1. The molecular formula is C15H26NO8P. The van der Waals surface area contributed by atoms with Crippen LogP contribution in [0.5, 0.6) is 0 Å². The number of amides is 1. The zero-order valence-corrected chi connectivity index (χ0v) is 16.2. The van der Waals surface area contributed by atoms with Gasteiger partial charge < -0.3 is 24.2 Å². The van der Waals surface area contributed by atoms with Crippen molar-refractivity contribution in [3.63, 3.8) is 0 Å². The molecule has 0 aliphatic carbocycles. The first-order valence-corrected chi connectivity index (χ1v) is 9.00. The van der Waals surface area contributed by atoms with Gasteiger partial charge in [0.2, 0.25) is 0 Å². The third-order valence-corrected chi connectivity index (χ3v) is 5.09. The van der Waals surface area contributed by atoms with E-state index in [9.17, 15) is 18.9 Å². The first-order chi connectivity index (χ1) is 11.1. The maximum atomic E-state index is 12.7. The standard InChI is InChI=1S/C15H26NO8P/c1-8-22-25(21,15(5,6)7)24-12(19)10(9-11(17)18)16-13(20)23-14(2,3)4/h8,10H,1,9H2,2-7H3,(H,16,20)(H,17,18)/t10-,25?/m0/s1. The van der Waals surface area contributed by atoms with Gasteiger partial charge in [-0.1, -0.05) is 6.58 Å². The summed E-state index contributed by atoms with van der Waals surface area (Å²) in [4.78, 5) is 35.0. The third-order valence-electron chi connectivity index (χ3n) is 2.60. The van der Waals surface area contributed by atoms with Crippen molar-refractivity contribution in [2.45, 2.75) is 64.8 Å². The van der Waals surface area contributed by atoms with E-state index in [1.165, 1.54) is 20.8 Å². The summed E-state index contributed by atoms with van der Waals surface area (Å²) in [5.74, 6) is -2.58. The maximum Gasteiger partial charge on any atom is 0.437 e. The number of alkyl carbamates (subject to hydrolysis) is 1. The van der Waals surface area contributed by atoms with Gasteiger partial charge in [0.25, 0.3) is 0 Å². The molecule has 0 aromatic rings. The van der Waals surface area contributed by atoms with E-state index in [0.717, 1.165) is 6.26 Å². The fourth-order valence-electron chi connectivity index (χ4n) is 1.41. The van der Waals surface area contributed by atoms with Crippen LogP contribution in [-0.4, -0.2) is 39.9 Å². The van der Waals surface area contributed by atoms with Crippen LogP contribution in [0.25, 0.3) is 0 Å². The Morgan fingerprint density at radius 2 is 1.72 bits per heavy atom. The van der Waals surface area contributed by atoms with Crippen LogP contribution in [0.2, 0.25) is 0 Å². The molecule has 1 amide bonds. The Hall–Kier alpha value is -2.02. The minimum absolute atomic E-state index is 0.781. The molecule has 25 heavy (non-hydrogen) atoms. The van der Waals surface area contributed by atoms with E-state index in [1.54, 1.807) is 20.8 Å². The van der Waals surface area contributed by atoms with E-state index in [0.29, 0.717) is 0 Å². The van der Waals surface area contributed by atoms with Gasteiger partial charge in [0.1, 0.15) is 11.6 Å². The molecule has 0 aromatic carbocycles. The summed E-state index contributed by atoms with van der Waals surface area (Å²) in [6, 6.07) is -1.60. The van der Waals surface area contributed by atoms with E-state index in [2.05, 4.69) is 11.9 Å². The van der Waals surface area contributed by atoms with E-state index in [4.69, 9.17) is 18.9 Å².